The highest BCUT2D eigenvalue weighted by molar-refractivity contribution is 5.85. The molecule has 6 nitrogen and oxygen atoms in total. The number of benzene rings is 2. The summed E-state index contributed by atoms with van der Waals surface area (Å²) in [5, 5.41) is 12.0. The monoisotopic (exact) mass is 389 g/mol. The van der Waals surface area contributed by atoms with Gasteiger partial charge < -0.3 is 14.6 Å². The molecule has 29 heavy (non-hydrogen) atoms. The second kappa shape index (κ2) is 8.22. The number of non-ortho nitro benzene ring substituents is 1. The highest BCUT2D eigenvalue weighted by atomic mass is 16.6. The van der Waals surface area contributed by atoms with Gasteiger partial charge in [-0.25, -0.2) is 0 Å². The van der Waals surface area contributed by atoms with E-state index in [0.717, 1.165) is 42.8 Å². The van der Waals surface area contributed by atoms with E-state index >= 15 is 0 Å². The molecule has 1 aromatic heterocycles. The first-order valence-corrected chi connectivity index (χ1v) is 9.60. The lowest BCUT2D eigenvalue weighted by atomic mass is 10.0. The fourth-order valence-electron chi connectivity index (χ4n) is 3.67. The normalized spacial score (nSPS) is 13.6. The standard InChI is InChI=1S/C23H23N3O3/c1-29-21-8-9-23-22(14-21)19(15-24-23)13-18-3-2-11-25(16-18)12-10-17-4-6-20(7-5-17)26(27)28/h2-9,11,14-15,24H,10,12-13,16H2,1H3. The molecule has 0 aliphatic carbocycles. The lowest BCUT2D eigenvalue weighted by Gasteiger charge is -2.25. The predicted octanol–water partition coefficient (Wildman–Crippen LogP) is 4.63. The Hall–Kier alpha value is -3.54. The third-order valence-electron chi connectivity index (χ3n) is 5.26. The SMILES string of the molecule is COc1ccc2[nH]cc(CC3=CC=CN(CCc4ccc([N+](=O)[O-])cc4)C3)c2c1. The number of methoxy groups -OCH3 is 1. The fourth-order valence-corrected chi connectivity index (χ4v) is 3.67. The van der Waals surface area contributed by atoms with E-state index in [1.165, 1.54) is 16.5 Å². The number of fused-ring (bicyclic) bond motifs is 1. The number of nitro groups is 1. The Morgan fingerprint density at radius 2 is 2.03 bits per heavy atom. The maximum atomic E-state index is 10.8. The van der Waals surface area contributed by atoms with Gasteiger partial charge in [0.2, 0.25) is 0 Å². The maximum Gasteiger partial charge on any atom is 0.269 e. The molecule has 0 unspecified atom stereocenters. The molecule has 0 radical (unpaired) electrons. The van der Waals surface area contributed by atoms with Crippen LogP contribution in [0.2, 0.25) is 0 Å². The first-order valence-electron chi connectivity index (χ1n) is 9.60. The number of aromatic nitrogens is 1. The molecule has 1 aliphatic heterocycles. The van der Waals surface area contributed by atoms with Gasteiger partial charge in [-0.3, -0.25) is 10.1 Å². The van der Waals surface area contributed by atoms with E-state index in [-0.39, 0.29) is 10.6 Å². The molecule has 0 bridgehead atoms. The Kier molecular flexibility index (Phi) is 5.33. The molecular weight excluding hydrogens is 366 g/mol. The van der Waals surface area contributed by atoms with Crippen molar-refractivity contribution in [1.29, 1.82) is 0 Å². The van der Waals surface area contributed by atoms with E-state index in [0.29, 0.717) is 0 Å². The summed E-state index contributed by atoms with van der Waals surface area (Å²) in [6.45, 7) is 1.74. The van der Waals surface area contributed by atoms with Crippen LogP contribution in [0.15, 0.2) is 72.6 Å². The van der Waals surface area contributed by atoms with Crippen molar-refractivity contribution in [2.75, 3.05) is 20.2 Å². The summed E-state index contributed by atoms with van der Waals surface area (Å²) in [7, 11) is 1.69. The molecule has 0 saturated carbocycles. The quantitative estimate of drug-likeness (QED) is 0.473. The van der Waals surface area contributed by atoms with Gasteiger partial charge in [0.1, 0.15) is 5.75 Å². The van der Waals surface area contributed by atoms with E-state index in [1.807, 2.05) is 24.3 Å². The third-order valence-corrected chi connectivity index (χ3v) is 5.26. The van der Waals surface area contributed by atoms with Crippen LogP contribution in [-0.2, 0) is 12.8 Å². The molecule has 2 aromatic carbocycles. The maximum absolute atomic E-state index is 10.8. The van der Waals surface area contributed by atoms with E-state index in [2.05, 4.69) is 40.5 Å². The largest absolute Gasteiger partial charge is 0.497 e. The van der Waals surface area contributed by atoms with Crippen molar-refractivity contribution in [1.82, 2.24) is 9.88 Å². The molecule has 3 aromatic rings. The van der Waals surface area contributed by atoms with Crippen molar-refractivity contribution in [2.24, 2.45) is 0 Å². The number of aromatic amines is 1. The minimum atomic E-state index is -0.367. The van der Waals surface area contributed by atoms with Gasteiger partial charge in [-0.05, 0) is 60.0 Å². The Labute approximate surface area is 169 Å². The zero-order valence-electron chi connectivity index (χ0n) is 16.3. The average molecular weight is 389 g/mol. The summed E-state index contributed by atoms with van der Waals surface area (Å²) in [5.41, 5.74) is 4.95. The van der Waals surface area contributed by atoms with Crippen molar-refractivity contribution < 1.29 is 9.66 Å². The predicted molar refractivity (Wildman–Crippen MR) is 114 cm³/mol. The summed E-state index contributed by atoms with van der Waals surface area (Å²) in [5.74, 6) is 0.862. The van der Waals surface area contributed by atoms with Crippen molar-refractivity contribution in [3.8, 4) is 5.75 Å². The fraction of sp³-hybridized carbons (Fsp3) is 0.217. The van der Waals surface area contributed by atoms with Gasteiger partial charge in [-0.15, -0.1) is 0 Å². The molecule has 0 spiro atoms. The van der Waals surface area contributed by atoms with Crippen molar-refractivity contribution in [3.63, 3.8) is 0 Å². The highest BCUT2D eigenvalue weighted by Gasteiger charge is 2.12. The van der Waals surface area contributed by atoms with Crippen molar-refractivity contribution in [3.05, 3.63) is 93.8 Å². The summed E-state index contributed by atoms with van der Waals surface area (Å²) in [6.07, 6.45) is 10.2. The lowest BCUT2D eigenvalue weighted by Crippen LogP contribution is -2.25. The molecular formula is C23H23N3O3. The highest BCUT2D eigenvalue weighted by Crippen LogP contribution is 2.26. The smallest absolute Gasteiger partial charge is 0.269 e. The molecule has 0 atom stereocenters. The summed E-state index contributed by atoms with van der Waals surface area (Å²) in [6, 6.07) is 12.9. The molecule has 0 saturated heterocycles. The Morgan fingerprint density at radius 1 is 1.21 bits per heavy atom. The van der Waals surface area contributed by atoms with Gasteiger partial charge in [0, 0.05) is 42.3 Å². The van der Waals surface area contributed by atoms with Gasteiger partial charge in [-0.2, -0.15) is 0 Å². The molecule has 1 N–H and O–H groups in total. The minimum Gasteiger partial charge on any atom is -0.497 e. The molecule has 1 aliphatic rings. The van der Waals surface area contributed by atoms with Gasteiger partial charge in [0.15, 0.2) is 0 Å². The first kappa shape index (κ1) is 18.8. The molecule has 4 rings (SSSR count). The molecule has 0 amide bonds. The van der Waals surface area contributed by atoms with Crippen LogP contribution in [0.5, 0.6) is 5.75 Å². The number of ether oxygens (including phenoxy) is 1. The van der Waals surface area contributed by atoms with Gasteiger partial charge in [0.25, 0.3) is 5.69 Å². The van der Waals surface area contributed by atoms with Crippen LogP contribution in [0, 0.1) is 10.1 Å². The second-order valence-corrected chi connectivity index (χ2v) is 7.21. The Morgan fingerprint density at radius 3 is 2.79 bits per heavy atom. The van der Waals surface area contributed by atoms with E-state index in [1.54, 1.807) is 19.2 Å². The number of nitrogens with one attached hydrogen (secondary N) is 1. The van der Waals surface area contributed by atoms with E-state index < -0.39 is 0 Å². The summed E-state index contributed by atoms with van der Waals surface area (Å²) in [4.78, 5) is 16.0. The summed E-state index contributed by atoms with van der Waals surface area (Å²) >= 11 is 0. The van der Waals surface area contributed by atoms with Crippen molar-refractivity contribution >= 4 is 16.6 Å². The topological polar surface area (TPSA) is 71.4 Å². The number of H-pyrrole nitrogens is 1. The number of hydrogen-bond donors (Lipinski definition) is 1. The Balaban J connectivity index is 1.38. The van der Waals surface area contributed by atoms with Crippen LogP contribution >= 0.6 is 0 Å². The van der Waals surface area contributed by atoms with Crippen molar-refractivity contribution in [2.45, 2.75) is 12.8 Å². The average Bonchev–Trinajstić information content (AvgIpc) is 3.14. The van der Waals surface area contributed by atoms with Crippen LogP contribution in [0.1, 0.15) is 11.1 Å². The minimum absolute atomic E-state index is 0.132. The van der Waals surface area contributed by atoms with Gasteiger partial charge in [-0.1, -0.05) is 18.2 Å². The second-order valence-electron chi connectivity index (χ2n) is 7.21. The van der Waals surface area contributed by atoms with E-state index in [4.69, 9.17) is 4.74 Å². The molecule has 2 heterocycles. The van der Waals surface area contributed by atoms with Crippen LogP contribution in [0.3, 0.4) is 0 Å². The number of hydrogen-bond acceptors (Lipinski definition) is 4. The first-order chi connectivity index (χ1) is 14.1. The molecule has 0 fully saturated rings. The molecule has 6 heteroatoms. The number of nitro benzene ring substituents is 1. The molecule has 148 valence electrons. The summed E-state index contributed by atoms with van der Waals surface area (Å²) < 4.78 is 5.36. The number of allylic oxidation sites excluding steroid dienone is 2. The van der Waals surface area contributed by atoms with Crippen LogP contribution < -0.4 is 4.74 Å². The van der Waals surface area contributed by atoms with E-state index in [9.17, 15) is 10.1 Å². The number of nitrogens with zero attached hydrogens (tertiary/aromatic N) is 2. The zero-order chi connectivity index (χ0) is 20.2. The Bertz CT molecular complexity index is 1080. The zero-order valence-corrected chi connectivity index (χ0v) is 16.3. The van der Waals surface area contributed by atoms with Gasteiger partial charge >= 0.3 is 0 Å². The van der Waals surface area contributed by atoms with Crippen LogP contribution in [0.4, 0.5) is 5.69 Å². The lowest BCUT2D eigenvalue weighted by molar-refractivity contribution is -0.384. The van der Waals surface area contributed by atoms with Gasteiger partial charge in [0.05, 0.1) is 12.0 Å². The third kappa shape index (κ3) is 4.32. The number of rotatable bonds is 7. The van der Waals surface area contributed by atoms with Crippen LogP contribution in [0.25, 0.3) is 10.9 Å². The van der Waals surface area contributed by atoms with Crippen LogP contribution in [-0.4, -0.2) is 35.0 Å².